The fourth-order valence-corrected chi connectivity index (χ4v) is 14.5. The Morgan fingerprint density at radius 1 is 0.329 bits per heavy atom. The van der Waals surface area contributed by atoms with E-state index in [1.54, 1.807) is 0 Å². The van der Waals surface area contributed by atoms with Crippen LogP contribution in [-0.4, -0.2) is 9.13 Å². The minimum absolute atomic E-state index is 0.0853. The maximum absolute atomic E-state index is 7.45. The lowest BCUT2D eigenvalue weighted by Gasteiger charge is -2.33. The summed E-state index contributed by atoms with van der Waals surface area (Å²) >= 11 is 0. The molecule has 82 heavy (non-hydrogen) atoms. The minimum Gasteiger partial charge on any atom is -0.452 e. The summed E-state index contributed by atoms with van der Waals surface area (Å²) in [5, 5.41) is 7.07. The van der Waals surface area contributed by atoms with Gasteiger partial charge < -0.3 is 13.6 Å². The maximum atomic E-state index is 7.45. The number of para-hydroxylation sites is 3. The molecular weight excluding hydrogens is 993 g/mol. The summed E-state index contributed by atoms with van der Waals surface area (Å²) in [6.07, 6.45) is 17.8. The molecule has 13 aromatic rings. The Labute approximate surface area is 483 Å². The summed E-state index contributed by atoms with van der Waals surface area (Å²) in [5.74, 6) is 0. The van der Waals surface area contributed by atoms with Crippen LogP contribution in [-0.2, 0) is 5.41 Å². The summed E-state index contributed by atoms with van der Waals surface area (Å²) in [6, 6.07) is 78.1. The first-order valence-corrected chi connectivity index (χ1v) is 30.9. The predicted molar refractivity (Wildman–Crippen MR) is 350 cm³/mol. The molecule has 0 amide bonds. The molecule has 0 N–H and O–H groups in total. The molecule has 0 spiro atoms. The van der Waals surface area contributed by atoms with E-state index < -0.39 is 0 Å². The van der Waals surface area contributed by atoms with Gasteiger partial charge in [0.15, 0.2) is 11.2 Å². The van der Waals surface area contributed by atoms with Crippen LogP contribution >= 0.6 is 0 Å². The highest BCUT2D eigenvalue weighted by Gasteiger charge is 2.43. The van der Waals surface area contributed by atoms with Crippen molar-refractivity contribution in [2.24, 2.45) is 0 Å². The lowest BCUT2D eigenvalue weighted by molar-refractivity contribution is 0.398. The Balaban J connectivity index is 0.915. The maximum Gasteiger partial charge on any atom is 0.160 e. The second-order valence-corrected chi connectivity index (χ2v) is 24.0. The average Bonchev–Trinajstić information content (AvgIpc) is 3.80. The van der Waals surface area contributed by atoms with E-state index in [-0.39, 0.29) is 5.41 Å². The smallest absolute Gasteiger partial charge is 0.160 e. The van der Waals surface area contributed by atoms with Gasteiger partial charge in [0.1, 0.15) is 0 Å². The molecule has 0 aliphatic heterocycles. The molecule has 0 saturated heterocycles. The standard InChI is InChI=1S/C79H74N2O/c1-5-7-9-11-13-22-46-79(47-23-14-12-10-8-6-2)71-51-58(57-36-34-56(35-37-57)55-32-30-53(3)31-33-55)38-40-63(71)64-41-39-59(52-72(64)79)60-48-54(4)49-62(50-60)81-74-29-21-19-27-66(74)68-43-45-70-69-44-42-67-65-26-18-20-28-73(65)80(61-24-16-15-17-25-61)75(67)77(69)82-78(70)76(68)81/h15-21,24-45,48-52H,5-14,22-23,46-47H2,1-4H3. The number of unbranched alkanes of at least 4 members (excludes halogenated alkanes) is 10. The van der Waals surface area contributed by atoms with E-state index in [2.05, 4.69) is 243 Å². The molecule has 3 nitrogen and oxygen atoms in total. The number of furan rings is 1. The molecule has 406 valence electrons. The number of nitrogens with zero attached hydrogens (tertiary/aromatic N) is 2. The molecule has 0 atom stereocenters. The van der Waals surface area contributed by atoms with Crippen molar-refractivity contribution in [1.29, 1.82) is 0 Å². The zero-order valence-corrected chi connectivity index (χ0v) is 48.3. The van der Waals surface area contributed by atoms with Gasteiger partial charge in [-0.05, 0) is 149 Å². The largest absolute Gasteiger partial charge is 0.452 e. The number of rotatable bonds is 19. The Morgan fingerprint density at radius 3 is 1.32 bits per heavy atom. The number of benzene rings is 10. The van der Waals surface area contributed by atoms with Gasteiger partial charge in [-0.1, -0.05) is 242 Å². The molecule has 0 fully saturated rings. The predicted octanol–water partition coefficient (Wildman–Crippen LogP) is 23.2. The van der Waals surface area contributed by atoms with Crippen LogP contribution < -0.4 is 0 Å². The minimum atomic E-state index is -0.0853. The summed E-state index contributed by atoms with van der Waals surface area (Å²) in [6.45, 7) is 9.09. The van der Waals surface area contributed by atoms with Crippen LogP contribution in [0.2, 0.25) is 0 Å². The van der Waals surface area contributed by atoms with Crippen molar-refractivity contribution in [2.75, 3.05) is 0 Å². The molecule has 0 saturated carbocycles. The number of aryl methyl sites for hydroxylation is 2. The Morgan fingerprint density at radius 2 is 0.768 bits per heavy atom. The van der Waals surface area contributed by atoms with Crippen LogP contribution in [0.3, 0.4) is 0 Å². The highest BCUT2D eigenvalue weighted by molar-refractivity contribution is 6.26. The third kappa shape index (κ3) is 8.96. The summed E-state index contributed by atoms with van der Waals surface area (Å²) < 4.78 is 12.3. The van der Waals surface area contributed by atoms with Crippen molar-refractivity contribution in [2.45, 2.75) is 123 Å². The number of hydrogen-bond acceptors (Lipinski definition) is 1. The molecule has 10 aromatic carbocycles. The van der Waals surface area contributed by atoms with Crippen molar-refractivity contribution in [3.05, 3.63) is 229 Å². The third-order valence-corrected chi connectivity index (χ3v) is 18.6. The summed E-state index contributed by atoms with van der Waals surface area (Å²) in [5.41, 5.74) is 24.6. The fraction of sp³-hybridized carbons (Fsp3) is 0.241. The zero-order chi connectivity index (χ0) is 55.3. The van der Waals surface area contributed by atoms with Crippen LogP contribution in [0.1, 0.15) is 126 Å². The molecule has 0 radical (unpaired) electrons. The van der Waals surface area contributed by atoms with E-state index in [1.807, 2.05) is 0 Å². The Kier molecular flexibility index (Phi) is 13.8. The number of hydrogen-bond donors (Lipinski definition) is 0. The van der Waals surface area contributed by atoms with Gasteiger partial charge in [-0.2, -0.15) is 0 Å². The van der Waals surface area contributed by atoms with Crippen LogP contribution in [0.5, 0.6) is 0 Å². The Hall–Kier alpha value is -8.40. The quantitative estimate of drug-likeness (QED) is 0.0740. The van der Waals surface area contributed by atoms with Gasteiger partial charge >= 0.3 is 0 Å². The molecule has 1 aliphatic carbocycles. The van der Waals surface area contributed by atoms with Gasteiger partial charge in [-0.15, -0.1) is 0 Å². The second-order valence-electron chi connectivity index (χ2n) is 24.0. The molecule has 1 aliphatic rings. The first-order chi connectivity index (χ1) is 40.4. The van der Waals surface area contributed by atoms with Gasteiger partial charge in [0.25, 0.3) is 0 Å². The summed E-state index contributed by atoms with van der Waals surface area (Å²) in [4.78, 5) is 0. The molecule has 3 heteroatoms. The van der Waals surface area contributed by atoms with Gasteiger partial charge in [0.2, 0.25) is 0 Å². The van der Waals surface area contributed by atoms with E-state index >= 15 is 0 Å². The molecular formula is C79H74N2O. The van der Waals surface area contributed by atoms with E-state index in [4.69, 9.17) is 4.42 Å². The SMILES string of the molecule is CCCCCCCCC1(CCCCCCCC)c2cc(-c3ccc(-c4ccc(C)cc4)cc3)ccc2-c2ccc(-c3cc(C)cc(-n4c5ccccc5c5ccc6c7ccc8c9ccccc9n(-c9ccccc9)c8c7oc6c54)c3)cc21. The lowest BCUT2D eigenvalue weighted by Crippen LogP contribution is -2.25. The van der Waals surface area contributed by atoms with Crippen LogP contribution in [0.4, 0.5) is 0 Å². The van der Waals surface area contributed by atoms with E-state index in [0.29, 0.717) is 0 Å². The lowest BCUT2D eigenvalue weighted by atomic mass is 9.70. The van der Waals surface area contributed by atoms with E-state index in [1.165, 1.54) is 189 Å². The van der Waals surface area contributed by atoms with Crippen molar-refractivity contribution in [1.82, 2.24) is 9.13 Å². The summed E-state index contributed by atoms with van der Waals surface area (Å²) in [7, 11) is 0. The van der Waals surface area contributed by atoms with Gasteiger partial charge in [0, 0.05) is 49.1 Å². The topological polar surface area (TPSA) is 23.0 Å². The highest BCUT2D eigenvalue weighted by Crippen LogP contribution is 2.56. The number of fused-ring (bicyclic) bond motifs is 14. The molecule has 3 heterocycles. The van der Waals surface area contributed by atoms with E-state index in [9.17, 15) is 0 Å². The first-order valence-electron chi connectivity index (χ1n) is 30.9. The first kappa shape index (κ1) is 51.7. The highest BCUT2D eigenvalue weighted by atomic mass is 16.3. The van der Waals surface area contributed by atoms with Gasteiger partial charge in [0.05, 0.1) is 22.1 Å². The third-order valence-electron chi connectivity index (χ3n) is 18.6. The van der Waals surface area contributed by atoms with Crippen molar-refractivity contribution < 1.29 is 4.42 Å². The van der Waals surface area contributed by atoms with Crippen molar-refractivity contribution >= 4 is 65.6 Å². The van der Waals surface area contributed by atoms with Crippen LogP contribution in [0.15, 0.2) is 211 Å². The van der Waals surface area contributed by atoms with Crippen LogP contribution in [0.25, 0.3) is 121 Å². The van der Waals surface area contributed by atoms with Gasteiger partial charge in [-0.25, -0.2) is 0 Å². The zero-order valence-electron chi connectivity index (χ0n) is 48.3. The Bertz CT molecular complexity index is 4470. The van der Waals surface area contributed by atoms with E-state index in [0.717, 1.165) is 44.3 Å². The second kappa shape index (κ2) is 21.8. The fourth-order valence-electron chi connectivity index (χ4n) is 14.5. The monoisotopic (exact) mass is 1070 g/mol. The molecule has 14 rings (SSSR count). The van der Waals surface area contributed by atoms with Gasteiger partial charge in [-0.3, -0.25) is 0 Å². The molecule has 0 bridgehead atoms. The van der Waals surface area contributed by atoms with Crippen LogP contribution in [0, 0.1) is 13.8 Å². The van der Waals surface area contributed by atoms with Crippen molar-refractivity contribution in [3.8, 4) is 55.9 Å². The van der Waals surface area contributed by atoms with Crippen molar-refractivity contribution in [3.63, 3.8) is 0 Å². The normalized spacial score (nSPS) is 12.9. The molecule has 3 aromatic heterocycles. The number of aromatic nitrogens is 2. The molecule has 0 unspecified atom stereocenters. The average molecular weight is 1070 g/mol.